The molecular weight excluding hydrogens is 1030 g/mol. The summed E-state index contributed by atoms with van der Waals surface area (Å²) < 4.78 is 0.888. The molecule has 0 aromatic heterocycles. The quantitative estimate of drug-likeness (QED) is 0.113. The molecule has 8 aromatic rings. The predicted octanol–water partition coefficient (Wildman–Crippen LogP) is 18.0. The normalized spacial score (nSPS) is 17.6. The van der Waals surface area contributed by atoms with E-state index in [1.165, 1.54) is 114 Å². The third-order valence-corrected chi connectivity index (χ3v) is 40.0. The molecule has 0 nitrogen and oxygen atoms in total. The number of halogens is 2. The van der Waals surface area contributed by atoms with Crippen molar-refractivity contribution < 1.29 is 16.4 Å². The van der Waals surface area contributed by atoms with Crippen LogP contribution in [0.25, 0.3) is 67.8 Å². The number of allylic oxidation sites excluding steroid dienone is 2. The summed E-state index contributed by atoms with van der Waals surface area (Å²) in [5, 5.41) is 2.94. The molecule has 0 amide bonds. The van der Waals surface area contributed by atoms with Crippen LogP contribution in [0.15, 0.2) is 187 Å². The van der Waals surface area contributed by atoms with Gasteiger partial charge in [0.25, 0.3) is 0 Å². The van der Waals surface area contributed by atoms with Gasteiger partial charge in [0.15, 0.2) is 0 Å². The summed E-state index contributed by atoms with van der Waals surface area (Å²) in [7, 11) is 18.7. The van der Waals surface area contributed by atoms with E-state index in [1.54, 1.807) is 0 Å². The van der Waals surface area contributed by atoms with Gasteiger partial charge in [-0.05, 0) is 0 Å². The van der Waals surface area contributed by atoms with Crippen LogP contribution in [0.4, 0.5) is 0 Å². The standard InChI is InChI=1S/2C29H31.C12H9Si.2ClH.Zr/c2*1-6-20(2)23-18-22-16-17-27(29(3,4)5)28(26(22)19-23)25-15-11-10-14-24(25)21-12-8-7-9-13-21;1-3-7-11-9(5-1)10-6-2-4-8-12(10)13-11;;;/h2*7-20H,6H2,1-5H3;1-7H,13H2;2*1H;/q;;;;;+2/p-2. The molecule has 0 radical (unpaired) electrons. The van der Waals surface area contributed by atoms with E-state index in [0.717, 1.165) is 12.8 Å². The van der Waals surface area contributed by atoms with Crippen LogP contribution in [0.3, 0.4) is 0 Å². The third-order valence-electron chi connectivity index (χ3n) is 17.4. The molecule has 1 aliphatic heterocycles. The van der Waals surface area contributed by atoms with E-state index in [2.05, 4.69) is 257 Å². The van der Waals surface area contributed by atoms with E-state index in [1.807, 2.05) is 0 Å². The Morgan fingerprint density at radius 2 is 0.838 bits per heavy atom. The molecule has 4 unspecified atom stereocenters. The molecule has 4 atom stereocenters. The minimum absolute atomic E-state index is 0.151. The fraction of sp³-hybridized carbons (Fsp3) is 0.257. The van der Waals surface area contributed by atoms with Crippen molar-refractivity contribution in [1.29, 1.82) is 0 Å². The molecule has 0 fully saturated rings. The Morgan fingerprint density at radius 1 is 0.446 bits per heavy atom. The first-order chi connectivity index (χ1) is 35.4. The van der Waals surface area contributed by atoms with Crippen molar-refractivity contribution in [3.8, 4) is 55.6 Å². The van der Waals surface area contributed by atoms with Gasteiger partial charge in [-0.25, -0.2) is 0 Å². The Balaban J connectivity index is 1.28. The average molecular weight is 1100 g/mol. The summed E-state index contributed by atoms with van der Waals surface area (Å²) in [6.07, 6.45) is 7.19. The van der Waals surface area contributed by atoms with Crippen molar-refractivity contribution in [2.45, 2.75) is 100 Å². The third kappa shape index (κ3) is 8.23. The fourth-order valence-corrected chi connectivity index (χ4v) is 41.5. The van der Waals surface area contributed by atoms with Gasteiger partial charge >= 0.3 is 457 Å². The van der Waals surface area contributed by atoms with Crippen LogP contribution in [0.2, 0.25) is 0 Å². The van der Waals surface area contributed by atoms with Crippen LogP contribution in [-0.4, -0.2) is 9.52 Å². The Kier molecular flexibility index (Phi) is 13.2. The zero-order valence-corrected chi connectivity index (χ0v) is 50.5. The molecule has 11 rings (SSSR count). The summed E-state index contributed by atoms with van der Waals surface area (Å²) in [5.41, 5.74) is 23.1. The molecule has 0 saturated carbocycles. The summed E-state index contributed by atoms with van der Waals surface area (Å²) in [6, 6.07) is 66.2. The maximum absolute atomic E-state index is 9.83. The van der Waals surface area contributed by atoms with Gasteiger partial charge in [0, 0.05) is 0 Å². The second kappa shape index (κ2) is 19.2. The van der Waals surface area contributed by atoms with Gasteiger partial charge in [-0.1, -0.05) is 0 Å². The summed E-state index contributed by atoms with van der Waals surface area (Å²) in [4.78, 5) is 0. The van der Waals surface area contributed by atoms with Crippen molar-refractivity contribution in [2.75, 3.05) is 0 Å². The zero-order chi connectivity index (χ0) is 51.9. The first kappa shape index (κ1) is 51.0. The van der Waals surface area contributed by atoms with Crippen LogP contribution in [0.1, 0.15) is 123 Å². The van der Waals surface area contributed by atoms with Crippen LogP contribution < -0.4 is 13.6 Å². The Morgan fingerprint density at radius 3 is 1.27 bits per heavy atom. The molecule has 0 saturated heterocycles. The second-order valence-electron chi connectivity index (χ2n) is 23.9. The molecule has 373 valence electrons. The van der Waals surface area contributed by atoms with Gasteiger partial charge in [-0.2, -0.15) is 0 Å². The van der Waals surface area contributed by atoms with E-state index in [0.29, 0.717) is 0 Å². The molecule has 2 aliphatic carbocycles. The Labute approximate surface area is 453 Å². The van der Waals surface area contributed by atoms with Crippen molar-refractivity contribution in [3.63, 3.8) is 0 Å². The van der Waals surface area contributed by atoms with E-state index in [4.69, 9.17) is 0 Å². The summed E-state index contributed by atoms with van der Waals surface area (Å²) >= 11 is -6.00. The molecule has 0 N–H and O–H groups in total. The predicted molar refractivity (Wildman–Crippen MR) is 323 cm³/mol. The number of hydrogen-bond donors (Lipinski definition) is 0. The van der Waals surface area contributed by atoms with Gasteiger partial charge in [0.1, 0.15) is 0 Å². The van der Waals surface area contributed by atoms with Gasteiger partial charge < -0.3 is 0 Å². The van der Waals surface area contributed by atoms with E-state index < -0.39 is 25.9 Å². The first-order valence-electron chi connectivity index (χ1n) is 27.3. The molecule has 8 aromatic carbocycles. The maximum atomic E-state index is 9.83. The SMILES string of the molecule is CCC(C)C1=Cc2c(ccc(C(C)(C)C)c2-c2ccccc2-c2ccccc2)[CH]1[Zr]([Cl])([Cl])([c]1cccc2c1[SiH2]c1ccccc1-2)[CH]1C(C(C)CC)=Cc2c1ccc(C(C)(C)C)c2-c1ccccc1-c1ccccc1. The molecule has 0 bridgehead atoms. The first-order valence-corrected chi connectivity index (χ1v) is 39.1. The van der Waals surface area contributed by atoms with E-state index >= 15 is 0 Å². The molecule has 0 spiro atoms. The molecular formula is C70H71Cl2SiZr. The second-order valence-corrected chi connectivity index (χ2v) is 46.3. The summed E-state index contributed by atoms with van der Waals surface area (Å²) in [6.45, 7) is 23.8. The molecule has 74 heavy (non-hydrogen) atoms. The molecule has 3 aliphatic rings. The van der Waals surface area contributed by atoms with Crippen molar-refractivity contribution in [3.05, 3.63) is 220 Å². The van der Waals surface area contributed by atoms with Crippen molar-refractivity contribution in [1.82, 2.24) is 0 Å². The van der Waals surface area contributed by atoms with Gasteiger partial charge in [0.2, 0.25) is 0 Å². The van der Waals surface area contributed by atoms with Crippen LogP contribution >= 0.6 is 17.0 Å². The number of benzene rings is 8. The summed E-state index contributed by atoms with van der Waals surface area (Å²) in [5.74, 6) is 0.459. The molecule has 1 heterocycles. The average Bonchev–Trinajstić information content (AvgIpc) is 4.18. The monoisotopic (exact) mass is 1100 g/mol. The van der Waals surface area contributed by atoms with Crippen LogP contribution in [-0.2, 0) is 27.2 Å². The van der Waals surface area contributed by atoms with Crippen molar-refractivity contribution in [2.24, 2.45) is 11.8 Å². The van der Waals surface area contributed by atoms with Gasteiger partial charge in [-0.3, -0.25) is 0 Å². The zero-order valence-electron chi connectivity index (χ0n) is 45.1. The minimum atomic E-state index is -6.00. The van der Waals surface area contributed by atoms with E-state index in [-0.39, 0.29) is 29.9 Å². The number of hydrogen-bond acceptors (Lipinski definition) is 0. The van der Waals surface area contributed by atoms with Crippen LogP contribution in [0.5, 0.6) is 0 Å². The van der Waals surface area contributed by atoms with Gasteiger partial charge in [0.05, 0.1) is 0 Å². The van der Waals surface area contributed by atoms with Gasteiger partial charge in [-0.15, -0.1) is 0 Å². The van der Waals surface area contributed by atoms with Crippen LogP contribution in [0, 0.1) is 11.8 Å². The topological polar surface area (TPSA) is 0 Å². The Bertz CT molecular complexity index is 3360. The Hall–Kier alpha value is -5.08. The fourth-order valence-electron chi connectivity index (χ4n) is 13.5. The number of fused-ring (bicyclic) bond motifs is 5. The van der Waals surface area contributed by atoms with Crippen molar-refractivity contribution >= 4 is 52.3 Å². The molecule has 4 heteroatoms. The van der Waals surface area contributed by atoms with E-state index in [9.17, 15) is 17.0 Å². The number of rotatable bonds is 11.